The first-order chi connectivity index (χ1) is 13.2. The predicted molar refractivity (Wildman–Crippen MR) is 112 cm³/mol. The van der Waals surface area contributed by atoms with Gasteiger partial charge in [-0.2, -0.15) is 4.31 Å². The third kappa shape index (κ3) is 5.33. The van der Waals surface area contributed by atoms with Gasteiger partial charge in [-0.3, -0.25) is 9.69 Å². The molecule has 28 heavy (non-hydrogen) atoms. The molecular weight excluding hydrogens is 374 g/mol. The van der Waals surface area contributed by atoms with Crippen molar-refractivity contribution in [2.24, 2.45) is 17.8 Å². The molecule has 0 spiro atoms. The van der Waals surface area contributed by atoms with Crippen molar-refractivity contribution in [1.29, 1.82) is 0 Å². The van der Waals surface area contributed by atoms with Crippen molar-refractivity contribution in [3.63, 3.8) is 0 Å². The van der Waals surface area contributed by atoms with Gasteiger partial charge in [0.2, 0.25) is 15.9 Å². The van der Waals surface area contributed by atoms with E-state index in [1.807, 2.05) is 0 Å². The molecule has 7 heteroatoms. The van der Waals surface area contributed by atoms with E-state index in [1.165, 1.54) is 6.42 Å². The topological polar surface area (TPSA) is 69.7 Å². The van der Waals surface area contributed by atoms with E-state index in [9.17, 15) is 13.2 Å². The maximum absolute atomic E-state index is 12.9. The number of benzene rings is 1. The molecule has 1 N–H and O–H groups in total. The van der Waals surface area contributed by atoms with Gasteiger partial charge >= 0.3 is 0 Å². The van der Waals surface area contributed by atoms with Crippen molar-refractivity contribution < 1.29 is 13.2 Å². The molecule has 1 aromatic carbocycles. The van der Waals surface area contributed by atoms with Crippen LogP contribution in [0.15, 0.2) is 29.2 Å². The van der Waals surface area contributed by atoms with Crippen molar-refractivity contribution in [1.82, 2.24) is 9.21 Å². The fourth-order valence-corrected chi connectivity index (χ4v) is 6.17. The summed E-state index contributed by atoms with van der Waals surface area (Å²) in [6.45, 7) is 9.85. The molecule has 1 amide bonds. The number of hydrogen-bond donors (Lipinski definition) is 1. The quantitative estimate of drug-likeness (QED) is 0.815. The third-order valence-corrected chi connectivity index (χ3v) is 7.57. The van der Waals surface area contributed by atoms with E-state index in [-0.39, 0.29) is 10.8 Å². The lowest BCUT2D eigenvalue weighted by Crippen LogP contribution is -2.42. The molecule has 2 fully saturated rings. The molecule has 0 radical (unpaired) electrons. The second-order valence-electron chi connectivity index (χ2n) is 8.82. The Morgan fingerprint density at radius 3 is 2.29 bits per heavy atom. The maximum Gasteiger partial charge on any atom is 0.243 e. The van der Waals surface area contributed by atoms with E-state index in [0.717, 1.165) is 25.9 Å². The second-order valence-corrected chi connectivity index (χ2v) is 10.8. The lowest BCUT2D eigenvalue weighted by atomic mass is 9.94. The van der Waals surface area contributed by atoms with Crippen LogP contribution in [0.5, 0.6) is 0 Å². The predicted octanol–water partition coefficient (Wildman–Crippen LogP) is 3.02. The molecule has 156 valence electrons. The smallest absolute Gasteiger partial charge is 0.243 e. The summed E-state index contributed by atoms with van der Waals surface area (Å²) in [5.74, 6) is 1.32. The Labute approximate surface area is 169 Å². The number of rotatable bonds is 5. The van der Waals surface area contributed by atoms with Crippen molar-refractivity contribution in [3.8, 4) is 0 Å². The summed E-state index contributed by atoms with van der Waals surface area (Å²) < 4.78 is 27.5. The van der Waals surface area contributed by atoms with Crippen LogP contribution in [0.4, 0.5) is 5.69 Å². The number of piperidine rings is 2. The second kappa shape index (κ2) is 8.93. The Hall–Kier alpha value is -1.44. The summed E-state index contributed by atoms with van der Waals surface area (Å²) >= 11 is 0. The highest BCUT2D eigenvalue weighted by molar-refractivity contribution is 7.89. The number of hydrogen-bond acceptors (Lipinski definition) is 4. The molecule has 2 saturated heterocycles. The zero-order valence-corrected chi connectivity index (χ0v) is 18.0. The molecule has 1 aromatic rings. The SMILES string of the molecule is C[C@@H]1CCCN(CC(=O)Nc2ccc(S(=O)(=O)N3C[C@H](C)C[C@H](C)C3)cc2)C1. The van der Waals surface area contributed by atoms with Crippen LogP contribution in [0.3, 0.4) is 0 Å². The molecular formula is C21H33N3O3S. The number of anilines is 1. The maximum atomic E-state index is 12.9. The molecule has 3 atom stereocenters. The summed E-state index contributed by atoms with van der Waals surface area (Å²) in [5, 5.41) is 2.89. The van der Waals surface area contributed by atoms with Crippen LogP contribution in [0.1, 0.15) is 40.0 Å². The van der Waals surface area contributed by atoms with E-state index < -0.39 is 10.0 Å². The standard InChI is InChI=1S/C21H33N3O3S/c1-16-5-4-10-23(12-16)15-21(25)22-19-6-8-20(9-7-19)28(26,27)24-13-17(2)11-18(3)14-24/h6-9,16-18H,4-5,10-15H2,1-3H3,(H,22,25)/t16-,17-,18+/m1/s1. The van der Waals surface area contributed by atoms with Gasteiger partial charge in [-0.1, -0.05) is 20.8 Å². The summed E-state index contributed by atoms with van der Waals surface area (Å²) in [6, 6.07) is 6.55. The number of amides is 1. The first-order valence-corrected chi connectivity index (χ1v) is 11.8. The molecule has 0 bridgehead atoms. The highest BCUT2D eigenvalue weighted by atomic mass is 32.2. The Kier molecular flexibility index (Phi) is 6.78. The van der Waals surface area contributed by atoms with E-state index in [0.29, 0.717) is 43.1 Å². The first kappa shape index (κ1) is 21.3. The van der Waals surface area contributed by atoms with Crippen molar-refractivity contribution in [2.45, 2.75) is 44.9 Å². The van der Waals surface area contributed by atoms with Gasteiger partial charge in [-0.15, -0.1) is 0 Å². The molecule has 2 aliphatic heterocycles. The van der Waals surface area contributed by atoms with E-state index in [1.54, 1.807) is 28.6 Å². The minimum Gasteiger partial charge on any atom is -0.325 e. The van der Waals surface area contributed by atoms with E-state index in [4.69, 9.17) is 0 Å². The van der Waals surface area contributed by atoms with E-state index in [2.05, 4.69) is 31.0 Å². The van der Waals surface area contributed by atoms with Gasteiger partial charge in [-0.05, 0) is 67.8 Å². The Balaban J connectivity index is 1.60. The van der Waals surface area contributed by atoms with E-state index >= 15 is 0 Å². The summed E-state index contributed by atoms with van der Waals surface area (Å²) in [7, 11) is -3.49. The highest BCUT2D eigenvalue weighted by Gasteiger charge is 2.31. The first-order valence-electron chi connectivity index (χ1n) is 10.4. The van der Waals surface area contributed by atoms with Crippen LogP contribution in [0, 0.1) is 17.8 Å². The number of likely N-dealkylation sites (tertiary alicyclic amines) is 1. The van der Waals surface area contributed by atoms with Gasteiger partial charge < -0.3 is 5.32 Å². The normalized spacial score (nSPS) is 27.5. The largest absolute Gasteiger partial charge is 0.325 e. The number of nitrogens with zero attached hydrogens (tertiary/aromatic N) is 2. The van der Waals surface area contributed by atoms with Crippen LogP contribution in [0.2, 0.25) is 0 Å². The van der Waals surface area contributed by atoms with Gasteiger partial charge in [-0.25, -0.2) is 8.42 Å². The van der Waals surface area contributed by atoms with Crippen LogP contribution < -0.4 is 5.32 Å². The Morgan fingerprint density at radius 1 is 1.04 bits per heavy atom. The lowest BCUT2D eigenvalue weighted by molar-refractivity contribution is -0.117. The molecule has 3 rings (SSSR count). The van der Waals surface area contributed by atoms with Crippen molar-refractivity contribution >= 4 is 21.6 Å². The summed E-state index contributed by atoms with van der Waals surface area (Å²) in [6.07, 6.45) is 3.42. The summed E-state index contributed by atoms with van der Waals surface area (Å²) in [5.41, 5.74) is 0.634. The van der Waals surface area contributed by atoms with Crippen LogP contribution >= 0.6 is 0 Å². The number of carbonyl (C=O) groups excluding carboxylic acids is 1. The Bertz CT molecular complexity index is 769. The van der Waals surface area contributed by atoms with Gasteiger partial charge in [0.05, 0.1) is 11.4 Å². The average Bonchev–Trinajstić information content (AvgIpc) is 2.61. The van der Waals surface area contributed by atoms with Crippen LogP contribution in [-0.2, 0) is 14.8 Å². The van der Waals surface area contributed by atoms with Crippen LogP contribution in [0.25, 0.3) is 0 Å². The molecule has 0 aromatic heterocycles. The fraction of sp³-hybridized carbons (Fsp3) is 0.667. The monoisotopic (exact) mass is 407 g/mol. The molecule has 0 aliphatic carbocycles. The third-order valence-electron chi connectivity index (χ3n) is 5.72. The van der Waals surface area contributed by atoms with Crippen LogP contribution in [-0.4, -0.2) is 56.3 Å². The molecule has 6 nitrogen and oxygen atoms in total. The minimum atomic E-state index is -3.49. The minimum absolute atomic E-state index is 0.0524. The zero-order valence-electron chi connectivity index (χ0n) is 17.2. The lowest BCUT2D eigenvalue weighted by Gasteiger charge is -2.34. The van der Waals surface area contributed by atoms with Crippen molar-refractivity contribution in [3.05, 3.63) is 24.3 Å². The molecule has 2 aliphatic rings. The van der Waals surface area contributed by atoms with Crippen molar-refractivity contribution in [2.75, 3.05) is 38.0 Å². The molecule has 0 unspecified atom stereocenters. The molecule has 0 saturated carbocycles. The molecule has 2 heterocycles. The van der Waals surface area contributed by atoms with Gasteiger partial charge in [0.25, 0.3) is 0 Å². The fourth-order valence-electron chi connectivity index (χ4n) is 4.50. The average molecular weight is 408 g/mol. The van der Waals surface area contributed by atoms with Gasteiger partial charge in [0, 0.05) is 25.3 Å². The number of sulfonamides is 1. The number of carbonyl (C=O) groups is 1. The number of nitrogens with one attached hydrogen (secondary N) is 1. The Morgan fingerprint density at radius 2 is 1.68 bits per heavy atom. The zero-order chi connectivity index (χ0) is 20.3. The van der Waals surface area contributed by atoms with Gasteiger partial charge in [0.15, 0.2) is 0 Å². The summed E-state index contributed by atoms with van der Waals surface area (Å²) in [4.78, 5) is 14.8. The van der Waals surface area contributed by atoms with Gasteiger partial charge in [0.1, 0.15) is 0 Å². The highest BCUT2D eigenvalue weighted by Crippen LogP contribution is 2.27.